The van der Waals surface area contributed by atoms with Crippen LogP contribution in [0, 0.1) is 11.6 Å². The zero-order chi connectivity index (χ0) is 30.4. The first kappa shape index (κ1) is 34.6. The lowest BCUT2D eigenvalue weighted by molar-refractivity contribution is 0.149. The van der Waals surface area contributed by atoms with Gasteiger partial charge in [-0.15, -0.1) is 0 Å². The molecule has 0 fully saturated rings. The topological polar surface area (TPSA) is 107 Å². The van der Waals surface area contributed by atoms with Gasteiger partial charge in [0.1, 0.15) is 28.2 Å². The number of anilines is 2. The average molecular weight is 571 g/mol. The van der Waals surface area contributed by atoms with Crippen LogP contribution in [0.2, 0.25) is 0 Å². The van der Waals surface area contributed by atoms with Gasteiger partial charge in [-0.3, -0.25) is 0 Å². The maximum Gasteiger partial charge on any atom is 0.318 e. The fourth-order valence-corrected chi connectivity index (χ4v) is 3.37. The zero-order valence-electron chi connectivity index (χ0n) is 24.6. The standard InChI is InChI=1S/C23H28F4N6O2.C3H8.C2H6/c1-5-11(2)35-22-17-20(32-23(34-4)33-21(17)30-7-6-29-3)18(27)19(31-22)13-10-15(28)14(24)8-12(13)9-16(25)26;1-3-2;1-2/h8,10-11,16,29H,5-7,9,28H2,1-4H3,(H,30,32,33);3H2,1-2H3;1-2H3. The maximum atomic E-state index is 16.0. The van der Waals surface area contributed by atoms with Gasteiger partial charge in [-0.25, -0.2) is 22.5 Å². The molecule has 2 aromatic heterocycles. The second kappa shape index (κ2) is 17.3. The van der Waals surface area contributed by atoms with Crippen molar-refractivity contribution in [3.63, 3.8) is 0 Å². The van der Waals surface area contributed by atoms with Gasteiger partial charge < -0.3 is 25.8 Å². The molecular weight excluding hydrogens is 528 g/mol. The molecule has 4 N–H and O–H groups in total. The Morgan fingerprint density at radius 2 is 1.68 bits per heavy atom. The Bertz CT molecular complexity index is 1210. The average Bonchev–Trinajstić information content (AvgIpc) is 2.93. The molecule has 8 nitrogen and oxygen atoms in total. The number of nitrogens with two attached hydrogens (primary N) is 1. The van der Waals surface area contributed by atoms with E-state index < -0.39 is 24.5 Å². The summed E-state index contributed by atoms with van der Waals surface area (Å²) < 4.78 is 67.7. The number of pyridine rings is 1. The van der Waals surface area contributed by atoms with Crippen LogP contribution >= 0.6 is 0 Å². The highest BCUT2D eigenvalue weighted by molar-refractivity contribution is 5.96. The molecule has 1 aromatic carbocycles. The molecule has 0 saturated heterocycles. The minimum Gasteiger partial charge on any atom is -0.474 e. The summed E-state index contributed by atoms with van der Waals surface area (Å²) in [4.78, 5) is 12.8. The molecule has 0 aliphatic rings. The first-order chi connectivity index (χ1) is 19.1. The Balaban J connectivity index is 0.00000150. The number of likely N-dealkylation sites (N-methyl/N-ethyl adjacent to an activating group) is 1. The summed E-state index contributed by atoms with van der Waals surface area (Å²) in [6.45, 7) is 13.0. The largest absolute Gasteiger partial charge is 0.474 e. The van der Waals surface area contributed by atoms with E-state index >= 15 is 4.39 Å². The third-order valence-corrected chi connectivity index (χ3v) is 5.32. The van der Waals surface area contributed by atoms with Gasteiger partial charge in [0.2, 0.25) is 12.3 Å². The number of aromatic nitrogens is 3. The molecular formula is C28H42F4N6O2. The van der Waals surface area contributed by atoms with Crippen molar-refractivity contribution in [2.24, 2.45) is 0 Å². The van der Waals surface area contributed by atoms with Crippen LogP contribution in [0.3, 0.4) is 0 Å². The maximum absolute atomic E-state index is 16.0. The molecule has 0 amide bonds. The van der Waals surface area contributed by atoms with Crippen molar-refractivity contribution >= 4 is 22.4 Å². The van der Waals surface area contributed by atoms with Gasteiger partial charge in [0.15, 0.2) is 5.82 Å². The summed E-state index contributed by atoms with van der Waals surface area (Å²) in [6, 6.07) is 1.83. The van der Waals surface area contributed by atoms with E-state index in [9.17, 15) is 13.2 Å². The summed E-state index contributed by atoms with van der Waals surface area (Å²) in [5.41, 5.74) is 4.58. The van der Waals surface area contributed by atoms with E-state index in [-0.39, 0.29) is 57.2 Å². The van der Waals surface area contributed by atoms with Crippen LogP contribution < -0.4 is 25.8 Å². The molecule has 1 atom stereocenters. The van der Waals surface area contributed by atoms with E-state index in [1.165, 1.54) is 13.5 Å². The van der Waals surface area contributed by atoms with Crippen LogP contribution in [0.4, 0.5) is 29.1 Å². The fourth-order valence-electron chi connectivity index (χ4n) is 3.37. The number of nitrogen functional groups attached to an aromatic ring is 1. The number of methoxy groups -OCH3 is 1. The molecule has 0 aliphatic carbocycles. The number of benzene rings is 1. The third-order valence-electron chi connectivity index (χ3n) is 5.32. The van der Waals surface area contributed by atoms with Gasteiger partial charge in [-0.2, -0.15) is 9.97 Å². The van der Waals surface area contributed by atoms with Crippen molar-refractivity contribution in [1.29, 1.82) is 0 Å². The number of fused-ring (bicyclic) bond motifs is 1. The Labute approximate surface area is 234 Å². The molecule has 0 saturated carbocycles. The molecule has 40 heavy (non-hydrogen) atoms. The molecule has 12 heteroatoms. The van der Waals surface area contributed by atoms with E-state index in [1.54, 1.807) is 14.0 Å². The SMILES string of the molecule is CC.CCC.CCC(C)Oc1nc(-c2cc(N)c(F)cc2CC(F)F)c(F)c2nc(OC)nc(NCCNC)c12. The van der Waals surface area contributed by atoms with Crippen LogP contribution in [-0.2, 0) is 6.42 Å². The summed E-state index contributed by atoms with van der Waals surface area (Å²) in [5, 5.41) is 6.23. The number of halogens is 4. The lowest BCUT2D eigenvalue weighted by Gasteiger charge is -2.19. The van der Waals surface area contributed by atoms with Gasteiger partial charge in [0.05, 0.1) is 18.9 Å². The van der Waals surface area contributed by atoms with Gasteiger partial charge in [0.25, 0.3) is 0 Å². The minimum absolute atomic E-state index is 0.00810. The molecule has 2 heterocycles. The van der Waals surface area contributed by atoms with E-state index in [4.69, 9.17) is 15.2 Å². The molecule has 1 unspecified atom stereocenters. The third kappa shape index (κ3) is 9.07. The van der Waals surface area contributed by atoms with Gasteiger partial charge in [-0.1, -0.05) is 41.0 Å². The first-order valence-corrected chi connectivity index (χ1v) is 13.5. The fraction of sp³-hybridized carbons (Fsp3) is 0.536. The van der Waals surface area contributed by atoms with Crippen LogP contribution in [0.5, 0.6) is 11.9 Å². The van der Waals surface area contributed by atoms with Gasteiger partial charge in [0, 0.05) is 25.1 Å². The summed E-state index contributed by atoms with van der Waals surface area (Å²) >= 11 is 0. The zero-order valence-corrected chi connectivity index (χ0v) is 24.6. The Morgan fingerprint density at radius 3 is 2.23 bits per heavy atom. The highest BCUT2D eigenvalue weighted by atomic mass is 19.3. The molecule has 0 radical (unpaired) electrons. The second-order valence-corrected chi connectivity index (χ2v) is 8.56. The summed E-state index contributed by atoms with van der Waals surface area (Å²) in [5.74, 6) is -1.60. The van der Waals surface area contributed by atoms with Crippen LogP contribution in [0.25, 0.3) is 22.2 Å². The number of nitrogens with one attached hydrogen (secondary N) is 2. The molecule has 0 spiro atoms. The lowest BCUT2D eigenvalue weighted by atomic mass is 9.99. The summed E-state index contributed by atoms with van der Waals surface area (Å²) in [7, 11) is 3.10. The van der Waals surface area contributed by atoms with Crippen molar-refractivity contribution in [2.45, 2.75) is 73.3 Å². The van der Waals surface area contributed by atoms with Crippen molar-refractivity contribution in [1.82, 2.24) is 20.3 Å². The molecule has 224 valence electrons. The Hall–Kier alpha value is -3.41. The van der Waals surface area contributed by atoms with Crippen LogP contribution in [-0.4, -0.2) is 54.7 Å². The Morgan fingerprint density at radius 1 is 1.02 bits per heavy atom. The smallest absolute Gasteiger partial charge is 0.318 e. The predicted octanol–water partition coefficient (Wildman–Crippen LogP) is 6.62. The van der Waals surface area contributed by atoms with Crippen LogP contribution in [0.1, 0.15) is 59.9 Å². The monoisotopic (exact) mass is 570 g/mol. The first-order valence-electron chi connectivity index (χ1n) is 13.5. The van der Waals surface area contributed by atoms with Crippen molar-refractivity contribution in [3.05, 3.63) is 29.3 Å². The second-order valence-electron chi connectivity index (χ2n) is 8.56. The van der Waals surface area contributed by atoms with E-state index in [0.29, 0.717) is 19.5 Å². The van der Waals surface area contributed by atoms with Crippen LogP contribution in [0.15, 0.2) is 12.1 Å². The molecule has 3 rings (SSSR count). The number of hydrogen-bond donors (Lipinski definition) is 3. The van der Waals surface area contributed by atoms with Crippen molar-refractivity contribution in [3.8, 4) is 23.1 Å². The van der Waals surface area contributed by atoms with E-state index in [1.807, 2.05) is 20.8 Å². The van der Waals surface area contributed by atoms with Gasteiger partial charge in [-0.05, 0) is 38.1 Å². The number of ether oxygens (including phenoxy) is 2. The lowest BCUT2D eigenvalue weighted by Crippen LogP contribution is -2.19. The number of rotatable bonds is 11. The highest BCUT2D eigenvalue weighted by Crippen LogP contribution is 2.39. The van der Waals surface area contributed by atoms with Crippen molar-refractivity contribution in [2.75, 3.05) is 38.3 Å². The van der Waals surface area contributed by atoms with E-state index in [2.05, 4.69) is 39.4 Å². The predicted molar refractivity (Wildman–Crippen MR) is 153 cm³/mol. The normalized spacial score (nSPS) is 11.3. The number of hydrogen-bond acceptors (Lipinski definition) is 8. The highest BCUT2D eigenvalue weighted by Gasteiger charge is 2.26. The van der Waals surface area contributed by atoms with E-state index in [0.717, 1.165) is 12.1 Å². The number of alkyl halides is 2. The Kier molecular flexibility index (Phi) is 15.0. The molecule has 0 bridgehead atoms. The minimum atomic E-state index is -2.80. The van der Waals surface area contributed by atoms with Crippen molar-refractivity contribution < 1.29 is 27.0 Å². The molecule has 3 aromatic rings. The summed E-state index contributed by atoms with van der Waals surface area (Å²) in [6.07, 6.45) is -2.09. The quantitative estimate of drug-likeness (QED) is 0.134. The van der Waals surface area contributed by atoms with Gasteiger partial charge >= 0.3 is 6.01 Å². The molecule has 0 aliphatic heterocycles. The number of nitrogens with zero attached hydrogens (tertiary/aromatic N) is 3.